The van der Waals surface area contributed by atoms with Gasteiger partial charge in [0.15, 0.2) is 11.5 Å². The number of rotatable bonds is 3. The number of aromatic nitrogens is 4. The summed E-state index contributed by atoms with van der Waals surface area (Å²) in [5.74, 6) is 2.24. The number of amides is 1. The lowest BCUT2D eigenvalue weighted by Crippen LogP contribution is -2.38. The van der Waals surface area contributed by atoms with E-state index in [0.717, 1.165) is 69.2 Å². The average molecular weight is 385 g/mol. The molecule has 0 spiro atoms. The molecular formula is C21H32N6O. The molecule has 1 amide bonds. The molecule has 2 aliphatic heterocycles. The fourth-order valence-corrected chi connectivity index (χ4v) is 4.47. The maximum absolute atomic E-state index is 11.5. The van der Waals surface area contributed by atoms with Gasteiger partial charge in [0, 0.05) is 37.9 Å². The van der Waals surface area contributed by atoms with Crippen LogP contribution in [0.2, 0.25) is 0 Å². The highest BCUT2D eigenvalue weighted by Gasteiger charge is 2.30. The normalized spacial score (nSPS) is 22.3. The Morgan fingerprint density at radius 1 is 1.11 bits per heavy atom. The Balaban J connectivity index is 1.39. The minimum absolute atomic E-state index is 0.00807. The second kappa shape index (κ2) is 7.43. The first-order valence-corrected chi connectivity index (χ1v) is 10.5. The van der Waals surface area contributed by atoms with E-state index in [2.05, 4.69) is 41.9 Å². The van der Waals surface area contributed by atoms with Crippen molar-refractivity contribution in [2.24, 2.45) is 5.92 Å². The molecule has 152 valence electrons. The van der Waals surface area contributed by atoms with Crippen molar-refractivity contribution in [1.82, 2.24) is 29.6 Å². The lowest BCUT2D eigenvalue weighted by molar-refractivity contribution is -0.127. The summed E-state index contributed by atoms with van der Waals surface area (Å²) in [6, 6.07) is 4.09. The van der Waals surface area contributed by atoms with E-state index < -0.39 is 0 Å². The van der Waals surface area contributed by atoms with E-state index in [1.54, 1.807) is 6.92 Å². The van der Waals surface area contributed by atoms with Crippen molar-refractivity contribution in [3.05, 3.63) is 23.7 Å². The minimum atomic E-state index is 0.00807. The molecule has 1 unspecified atom stereocenters. The molecule has 2 aromatic heterocycles. The molecule has 0 saturated carbocycles. The predicted molar refractivity (Wildman–Crippen MR) is 108 cm³/mol. The van der Waals surface area contributed by atoms with Gasteiger partial charge in [0.05, 0.1) is 5.69 Å². The number of hydrogen-bond donors (Lipinski definition) is 0. The molecule has 1 atom stereocenters. The summed E-state index contributed by atoms with van der Waals surface area (Å²) in [4.78, 5) is 16.1. The fourth-order valence-electron chi connectivity index (χ4n) is 4.47. The summed E-state index contributed by atoms with van der Waals surface area (Å²) in [6.45, 7) is 13.3. The molecule has 28 heavy (non-hydrogen) atoms. The van der Waals surface area contributed by atoms with Gasteiger partial charge >= 0.3 is 0 Å². The largest absolute Gasteiger partial charge is 0.343 e. The highest BCUT2D eigenvalue weighted by atomic mass is 16.2. The smallest absolute Gasteiger partial charge is 0.219 e. The van der Waals surface area contributed by atoms with Crippen LogP contribution in [0.1, 0.15) is 64.4 Å². The molecule has 0 aliphatic carbocycles. The van der Waals surface area contributed by atoms with Crippen molar-refractivity contribution in [1.29, 1.82) is 0 Å². The topological polar surface area (TPSA) is 66.6 Å². The van der Waals surface area contributed by atoms with E-state index in [1.807, 2.05) is 15.5 Å². The third-order valence-electron chi connectivity index (χ3n) is 6.26. The van der Waals surface area contributed by atoms with Gasteiger partial charge in [-0.15, -0.1) is 10.2 Å². The van der Waals surface area contributed by atoms with Gasteiger partial charge in [0.2, 0.25) is 5.91 Å². The van der Waals surface area contributed by atoms with Crippen LogP contribution in [-0.2, 0) is 10.2 Å². The van der Waals surface area contributed by atoms with Crippen LogP contribution < -0.4 is 0 Å². The summed E-state index contributed by atoms with van der Waals surface area (Å²) in [5.41, 5.74) is 1.91. The highest BCUT2D eigenvalue weighted by Crippen LogP contribution is 2.29. The van der Waals surface area contributed by atoms with Crippen molar-refractivity contribution >= 4 is 11.6 Å². The van der Waals surface area contributed by atoms with E-state index in [-0.39, 0.29) is 11.3 Å². The standard InChI is InChI=1S/C21H32N6O/c1-15(28)26-12-7-16(14-26)13-25-10-8-17(9-11-25)20-23-22-19-6-5-18(21(2,3)4)24-27(19)20/h5-6,16-17H,7-14H2,1-4H3. The van der Waals surface area contributed by atoms with Gasteiger partial charge in [-0.1, -0.05) is 20.8 Å². The van der Waals surface area contributed by atoms with Crippen molar-refractivity contribution in [2.75, 3.05) is 32.7 Å². The molecule has 2 saturated heterocycles. The zero-order valence-corrected chi connectivity index (χ0v) is 17.6. The lowest BCUT2D eigenvalue weighted by atomic mass is 9.92. The maximum atomic E-state index is 11.5. The molecule has 0 aromatic carbocycles. The molecule has 0 radical (unpaired) electrons. The Morgan fingerprint density at radius 2 is 1.86 bits per heavy atom. The average Bonchev–Trinajstić information content (AvgIpc) is 3.28. The summed E-state index contributed by atoms with van der Waals surface area (Å²) < 4.78 is 1.96. The number of carbonyl (C=O) groups excluding carboxylic acids is 1. The second-order valence-electron chi connectivity index (χ2n) is 9.49. The van der Waals surface area contributed by atoms with E-state index in [0.29, 0.717) is 11.8 Å². The van der Waals surface area contributed by atoms with Crippen LogP contribution in [0.5, 0.6) is 0 Å². The van der Waals surface area contributed by atoms with Crippen LogP contribution in [0.15, 0.2) is 12.1 Å². The maximum Gasteiger partial charge on any atom is 0.219 e. The van der Waals surface area contributed by atoms with Crippen LogP contribution in [0.25, 0.3) is 5.65 Å². The van der Waals surface area contributed by atoms with Crippen molar-refractivity contribution in [3.63, 3.8) is 0 Å². The Kier molecular flexibility index (Phi) is 5.12. The number of fused-ring (bicyclic) bond motifs is 1. The molecule has 7 heteroatoms. The first-order valence-electron chi connectivity index (χ1n) is 10.5. The number of likely N-dealkylation sites (tertiary alicyclic amines) is 2. The molecule has 2 fully saturated rings. The first kappa shape index (κ1) is 19.3. The van der Waals surface area contributed by atoms with Crippen molar-refractivity contribution in [2.45, 2.75) is 58.3 Å². The number of nitrogens with zero attached hydrogens (tertiary/aromatic N) is 6. The van der Waals surface area contributed by atoms with Crippen LogP contribution in [0.4, 0.5) is 0 Å². The van der Waals surface area contributed by atoms with Gasteiger partial charge < -0.3 is 9.80 Å². The third kappa shape index (κ3) is 3.90. The molecule has 2 aromatic rings. The van der Waals surface area contributed by atoms with Gasteiger partial charge in [0.25, 0.3) is 0 Å². The van der Waals surface area contributed by atoms with Crippen molar-refractivity contribution < 1.29 is 4.79 Å². The molecule has 0 bridgehead atoms. The highest BCUT2D eigenvalue weighted by molar-refractivity contribution is 5.73. The van der Waals surface area contributed by atoms with Gasteiger partial charge in [-0.25, -0.2) is 0 Å². The molecular weight excluding hydrogens is 352 g/mol. The van der Waals surface area contributed by atoms with Crippen molar-refractivity contribution in [3.8, 4) is 0 Å². The van der Waals surface area contributed by atoms with Crippen LogP contribution in [0, 0.1) is 5.92 Å². The second-order valence-corrected chi connectivity index (χ2v) is 9.49. The van der Waals surface area contributed by atoms with E-state index in [9.17, 15) is 4.79 Å². The number of hydrogen-bond acceptors (Lipinski definition) is 5. The van der Waals surface area contributed by atoms with Crippen LogP contribution in [-0.4, -0.2) is 68.2 Å². The van der Waals surface area contributed by atoms with Crippen LogP contribution >= 0.6 is 0 Å². The number of carbonyl (C=O) groups is 1. The van der Waals surface area contributed by atoms with Gasteiger partial charge in [-0.05, 0) is 50.4 Å². The van der Waals surface area contributed by atoms with E-state index >= 15 is 0 Å². The summed E-state index contributed by atoms with van der Waals surface area (Å²) in [5, 5.41) is 13.7. The van der Waals surface area contributed by atoms with Gasteiger partial charge in [0.1, 0.15) is 0 Å². The molecule has 4 rings (SSSR count). The molecule has 0 N–H and O–H groups in total. The molecule has 4 heterocycles. The fraction of sp³-hybridized carbons (Fsp3) is 0.714. The third-order valence-corrected chi connectivity index (χ3v) is 6.26. The zero-order valence-electron chi connectivity index (χ0n) is 17.6. The molecule has 7 nitrogen and oxygen atoms in total. The monoisotopic (exact) mass is 384 g/mol. The Morgan fingerprint density at radius 3 is 2.50 bits per heavy atom. The summed E-state index contributed by atoms with van der Waals surface area (Å²) in [7, 11) is 0. The lowest BCUT2D eigenvalue weighted by Gasteiger charge is -2.32. The van der Waals surface area contributed by atoms with Gasteiger partial charge in [-0.3, -0.25) is 4.79 Å². The Labute approximate surface area is 167 Å². The van der Waals surface area contributed by atoms with Gasteiger partial charge in [-0.2, -0.15) is 9.61 Å². The predicted octanol–water partition coefficient (Wildman–Crippen LogP) is 2.47. The minimum Gasteiger partial charge on any atom is -0.343 e. The SMILES string of the molecule is CC(=O)N1CCC(CN2CCC(c3nnc4ccc(C(C)(C)C)nn34)CC2)C1. The van der Waals surface area contributed by atoms with E-state index in [4.69, 9.17) is 5.10 Å². The summed E-state index contributed by atoms with van der Waals surface area (Å²) >= 11 is 0. The van der Waals surface area contributed by atoms with Crippen LogP contribution in [0.3, 0.4) is 0 Å². The quantitative estimate of drug-likeness (QED) is 0.813. The zero-order chi connectivity index (χ0) is 19.9. The Bertz CT molecular complexity index is 846. The van der Waals surface area contributed by atoms with E-state index in [1.165, 1.54) is 0 Å². The molecule has 2 aliphatic rings. The first-order chi connectivity index (χ1) is 13.3. The summed E-state index contributed by atoms with van der Waals surface area (Å²) in [6.07, 6.45) is 3.31. The Hall–Kier alpha value is -2.02. The number of piperidine rings is 1.